The maximum absolute atomic E-state index is 13.0. The zero-order valence-corrected chi connectivity index (χ0v) is 22.4. The van der Waals surface area contributed by atoms with E-state index in [1.807, 2.05) is 19.1 Å². The fraction of sp³-hybridized carbons (Fsp3) is 0.621. The van der Waals surface area contributed by atoms with Gasteiger partial charge in [-0.2, -0.15) is 0 Å². The Labute approximate surface area is 219 Å². The maximum atomic E-state index is 13.0. The Hall–Kier alpha value is -2.34. The number of carbonyl (C=O) groups excluding carboxylic acids is 1. The van der Waals surface area contributed by atoms with Crippen molar-refractivity contribution in [1.82, 2.24) is 5.16 Å². The van der Waals surface area contributed by atoms with E-state index in [-0.39, 0.29) is 24.7 Å². The van der Waals surface area contributed by atoms with Gasteiger partial charge in [0.25, 0.3) is 0 Å². The summed E-state index contributed by atoms with van der Waals surface area (Å²) in [5.41, 5.74) is 3.53. The van der Waals surface area contributed by atoms with Gasteiger partial charge in [-0.15, -0.1) is 0 Å². The van der Waals surface area contributed by atoms with Gasteiger partial charge < -0.3 is 14.9 Å². The number of aryl methyl sites for hydroxylation is 1. The lowest BCUT2D eigenvalue weighted by molar-refractivity contribution is -0.137. The fourth-order valence-electron chi connectivity index (χ4n) is 5.80. The summed E-state index contributed by atoms with van der Waals surface area (Å²) in [4.78, 5) is 24.4. The Bertz CT molecular complexity index is 1070. The van der Waals surface area contributed by atoms with Crippen LogP contribution in [0.3, 0.4) is 0 Å². The van der Waals surface area contributed by atoms with Crippen molar-refractivity contribution in [1.29, 1.82) is 0 Å². The van der Waals surface area contributed by atoms with Gasteiger partial charge in [-0.05, 0) is 93.7 Å². The van der Waals surface area contributed by atoms with Gasteiger partial charge >= 0.3 is 5.97 Å². The van der Waals surface area contributed by atoms with E-state index >= 15 is 0 Å². The van der Waals surface area contributed by atoms with E-state index in [2.05, 4.69) is 24.3 Å². The normalized spacial score (nSPS) is 20.9. The molecule has 1 aromatic carbocycles. The first-order valence-corrected chi connectivity index (χ1v) is 13.9. The standard InChI is InChI=1S/C29H39ClN2O4/c1-17(2)14-19-5-7-21(8-6-19)29-27(20-9-10-20)28(32-36-29)22(11-13-26(34)35)16-25(33)31-24-12-4-18(3)15-23(24)30/h4,12,15,17,19-22H,5-11,13-14,16H2,1-3H3,(H,31,33)(H,34,35)/t19-,21+,22-/m1/s1. The summed E-state index contributed by atoms with van der Waals surface area (Å²) in [7, 11) is 0. The van der Waals surface area contributed by atoms with E-state index in [1.165, 1.54) is 24.8 Å². The van der Waals surface area contributed by atoms with Crippen LogP contribution < -0.4 is 5.32 Å². The topological polar surface area (TPSA) is 92.4 Å². The van der Waals surface area contributed by atoms with Gasteiger partial charge in [0.1, 0.15) is 5.76 Å². The summed E-state index contributed by atoms with van der Waals surface area (Å²) in [6.45, 7) is 6.53. The third-order valence-corrected chi connectivity index (χ3v) is 8.03. The number of hydrogen-bond donors (Lipinski definition) is 2. The van der Waals surface area contributed by atoms with Gasteiger partial charge in [0.2, 0.25) is 5.91 Å². The number of aromatic nitrogens is 1. The molecule has 36 heavy (non-hydrogen) atoms. The largest absolute Gasteiger partial charge is 0.481 e. The molecule has 0 bridgehead atoms. The number of carboxylic acids is 1. The Morgan fingerprint density at radius 1 is 1.14 bits per heavy atom. The summed E-state index contributed by atoms with van der Waals surface area (Å²) >= 11 is 6.31. The highest BCUT2D eigenvalue weighted by Gasteiger charge is 2.38. The Balaban J connectivity index is 1.52. The van der Waals surface area contributed by atoms with Crippen LogP contribution in [0.15, 0.2) is 22.7 Å². The molecule has 1 heterocycles. The first-order valence-electron chi connectivity index (χ1n) is 13.5. The van der Waals surface area contributed by atoms with Gasteiger partial charge in [0.15, 0.2) is 0 Å². The van der Waals surface area contributed by atoms with Crippen LogP contribution in [0.1, 0.15) is 118 Å². The molecule has 1 amide bonds. The van der Waals surface area contributed by atoms with Crippen LogP contribution in [0.5, 0.6) is 0 Å². The third-order valence-electron chi connectivity index (χ3n) is 7.72. The van der Waals surface area contributed by atoms with Crippen LogP contribution in [0.4, 0.5) is 5.69 Å². The number of carbonyl (C=O) groups is 2. The molecule has 2 aromatic rings. The molecule has 0 unspecified atom stereocenters. The lowest BCUT2D eigenvalue weighted by atomic mass is 9.76. The average Bonchev–Trinajstić information content (AvgIpc) is 3.56. The Kier molecular flexibility index (Phi) is 8.76. The van der Waals surface area contributed by atoms with Crippen molar-refractivity contribution in [2.75, 3.05) is 5.32 Å². The molecular formula is C29H39ClN2O4. The highest BCUT2D eigenvalue weighted by molar-refractivity contribution is 6.33. The molecule has 4 rings (SSSR count). The number of rotatable bonds is 11. The predicted octanol–water partition coefficient (Wildman–Crippen LogP) is 7.81. The van der Waals surface area contributed by atoms with Crippen LogP contribution in [-0.4, -0.2) is 22.1 Å². The number of nitrogens with zero attached hydrogens (tertiary/aromatic N) is 1. The molecule has 1 aromatic heterocycles. The molecule has 0 radical (unpaired) electrons. The lowest BCUT2D eigenvalue weighted by Gasteiger charge is -2.28. The minimum atomic E-state index is -0.873. The number of hydrogen-bond acceptors (Lipinski definition) is 4. The minimum absolute atomic E-state index is 0.0180. The molecular weight excluding hydrogens is 476 g/mol. The van der Waals surface area contributed by atoms with Crippen LogP contribution in [0.25, 0.3) is 0 Å². The second-order valence-electron chi connectivity index (χ2n) is 11.3. The predicted molar refractivity (Wildman–Crippen MR) is 142 cm³/mol. The quantitative estimate of drug-likeness (QED) is 0.319. The van der Waals surface area contributed by atoms with Crippen LogP contribution in [0.2, 0.25) is 5.02 Å². The van der Waals surface area contributed by atoms with Crippen LogP contribution >= 0.6 is 11.6 Å². The fourth-order valence-corrected chi connectivity index (χ4v) is 6.08. The molecule has 2 fully saturated rings. The van der Waals surface area contributed by atoms with E-state index in [0.29, 0.717) is 29.0 Å². The summed E-state index contributed by atoms with van der Waals surface area (Å²) < 4.78 is 6.02. The molecule has 2 N–H and O–H groups in total. The van der Waals surface area contributed by atoms with E-state index in [0.717, 1.165) is 54.5 Å². The van der Waals surface area contributed by atoms with Gasteiger partial charge in [0.05, 0.1) is 16.4 Å². The summed E-state index contributed by atoms with van der Waals surface area (Å²) in [5, 5.41) is 17.3. The highest BCUT2D eigenvalue weighted by Crippen LogP contribution is 2.50. The monoisotopic (exact) mass is 514 g/mol. The van der Waals surface area contributed by atoms with Crippen molar-refractivity contribution in [3.8, 4) is 0 Å². The number of anilines is 1. The summed E-state index contributed by atoms with van der Waals surface area (Å²) in [6.07, 6.45) is 8.59. The first-order chi connectivity index (χ1) is 17.2. The minimum Gasteiger partial charge on any atom is -0.481 e. The number of carboxylic acid groups (broad SMARTS) is 1. The number of nitrogens with one attached hydrogen (secondary N) is 1. The average molecular weight is 515 g/mol. The molecule has 2 aliphatic rings. The van der Waals surface area contributed by atoms with Gasteiger partial charge in [-0.3, -0.25) is 9.59 Å². The van der Waals surface area contributed by atoms with Crippen LogP contribution in [0, 0.1) is 18.8 Å². The van der Waals surface area contributed by atoms with Crippen molar-refractivity contribution >= 4 is 29.2 Å². The molecule has 6 nitrogen and oxygen atoms in total. The van der Waals surface area contributed by atoms with E-state index < -0.39 is 5.97 Å². The van der Waals surface area contributed by atoms with Gasteiger partial charge in [0, 0.05) is 30.2 Å². The molecule has 0 aliphatic heterocycles. The Morgan fingerprint density at radius 3 is 2.44 bits per heavy atom. The second kappa shape index (κ2) is 11.8. The highest BCUT2D eigenvalue weighted by atomic mass is 35.5. The number of halogens is 1. The third kappa shape index (κ3) is 6.90. The summed E-state index contributed by atoms with van der Waals surface area (Å²) in [6, 6.07) is 5.50. The molecule has 2 saturated carbocycles. The van der Waals surface area contributed by atoms with E-state index in [1.54, 1.807) is 6.07 Å². The van der Waals surface area contributed by atoms with Crippen molar-refractivity contribution in [2.24, 2.45) is 11.8 Å². The summed E-state index contributed by atoms with van der Waals surface area (Å²) in [5.74, 6) is 1.91. The van der Waals surface area contributed by atoms with Crippen molar-refractivity contribution in [3.63, 3.8) is 0 Å². The molecule has 196 valence electrons. The van der Waals surface area contributed by atoms with E-state index in [4.69, 9.17) is 16.1 Å². The van der Waals surface area contributed by atoms with Crippen molar-refractivity contribution in [3.05, 3.63) is 45.8 Å². The molecule has 2 aliphatic carbocycles. The number of benzene rings is 1. The second-order valence-corrected chi connectivity index (χ2v) is 11.7. The van der Waals surface area contributed by atoms with Crippen molar-refractivity contribution < 1.29 is 19.2 Å². The lowest BCUT2D eigenvalue weighted by Crippen LogP contribution is -2.18. The molecule has 0 saturated heterocycles. The number of aliphatic carboxylic acids is 1. The molecule has 1 atom stereocenters. The van der Waals surface area contributed by atoms with Gasteiger partial charge in [-0.1, -0.05) is 36.7 Å². The molecule has 7 heteroatoms. The van der Waals surface area contributed by atoms with E-state index in [9.17, 15) is 14.7 Å². The zero-order valence-electron chi connectivity index (χ0n) is 21.7. The Morgan fingerprint density at radius 2 is 1.83 bits per heavy atom. The maximum Gasteiger partial charge on any atom is 0.303 e. The first kappa shape index (κ1) is 26.7. The smallest absolute Gasteiger partial charge is 0.303 e. The van der Waals surface area contributed by atoms with Crippen LogP contribution in [-0.2, 0) is 9.59 Å². The SMILES string of the molecule is Cc1ccc(NC(=O)C[C@@H](CCC(=O)O)c2noc([C@H]3CC[C@@H](CC(C)C)CC3)c2C2CC2)c(Cl)c1. The molecule has 0 spiro atoms. The zero-order chi connectivity index (χ0) is 25.8. The van der Waals surface area contributed by atoms with Gasteiger partial charge in [-0.25, -0.2) is 0 Å². The van der Waals surface area contributed by atoms with Crippen molar-refractivity contribution in [2.45, 2.75) is 103 Å². The number of amides is 1.